The predicted octanol–water partition coefficient (Wildman–Crippen LogP) is 2.39. The fourth-order valence-electron chi connectivity index (χ4n) is 2.89. The van der Waals surface area contributed by atoms with Gasteiger partial charge in [-0.3, -0.25) is 4.79 Å². The van der Waals surface area contributed by atoms with Gasteiger partial charge in [0.15, 0.2) is 0 Å². The van der Waals surface area contributed by atoms with Gasteiger partial charge in [0.1, 0.15) is 5.75 Å². The van der Waals surface area contributed by atoms with Crippen LogP contribution in [-0.4, -0.2) is 40.7 Å². The molecular formula is C17H19NO3. The molecule has 2 N–H and O–H groups in total. The summed E-state index contributed by atoms with van der Waals surface area (Å²) in [6, 6.07) is 11.1. The number of aliphatic hydroxyl groups is 1. The topological polar surface area (TPSA) is 60.8 Å². The third-order valence-corrected chi connectivity index (χ3v) is 4.25. The Morgan fingerprint density at radius 3 is 2.38 bits per heavy atom. The third kappa shape index (κ3) is 2.72. The van der Waals surface area contributed by atoms with Crippen molar-refractivity contribution >= 4 is 16.7 Å². The van der Waals surface area contributed by atoms with E-state index in [9.17, 15) is 9.90 Å². The SMILES string of the molecule is O=C(c1cc2ccccc2cc1O)N1CCC(CO)CC1. The van der Waals surface area contributed by atoms with E-state index < -0.39 is 0 Å². The molecule has 1 aliphatic rings. The standard InChI is InChI=1S/C17H19NO3/c19-11-12-5-7-18(8-6-12)17(21)15-9-13-3-1-2-4-14(13)10-16(15)20/h1-4,9-10,12,19-20H,5-8,11H2. The molecule has 1 saturated heterocycles. The van der Waals surface area contributed by atoms with E-state index in [1.54, 1.807) is 17.0 Å². The Morgan fingerprint density at radius 1 is 1.14 bits per heavy atom. The summed E-state index contributed by atoms with van der Waals surface area (Å²) in [5, 5.41) is 21.1. The van der Waals surface area contributed by atoms with Crippen LogP contribution in [0.2, 0.25) is 0 Å². The van der Waals surface area contributed by atoms with Gasteiger partial charge < -0.3 is 15.1 Å². The molecule has 0 aromatic heterocycles. The lowest BCUT2D eigenvalue weighted by molar-refractivity contribution is 0.0648. The lowest BCUT2D eigenvalue weighted by Gasteiger charge is -2.31. The van der Waals surface area contributed by atoms with Crippen molar-refractivity contribution in [3.8, 4) is 5.75 Å². The highest BCUT2D eigenvalue weighted by atomic mass is 16.3. The van der Waals surface area contributed by atoms with Crippen molar-refractivity contribution in [2.75, 3.05) is 19.7 Å². The Bertz CT molecular complexity index is 660. The van der Waals surface area contributed by atoms with Crippen LogP contribution in [0.1, 0.15) is 23.2 Å². The van der Waals surface area contributed by atoms with Crippen molar-refractivity contribution < 1.29 is 15.0 Å². The number of aromatic hydroxyl groups is 1. The second-order valence-electron chi connectivity index (χ2n) is 5.63. The molecule has 0 saturated carbocycles. The highest BCUT2D eigenvalue weighted by Crippen LogP contribution is 2.27. The number of carbonyl (C=O) groups excluding carboxylic acids is 1. The van der Waals surface area contributed by atoms with Crippen LogP contribution < -0.4 is 0 Å². The van der Waals surface area contributed by atoms with E-state index in [4.69, 9.17) is 5.11 Å². The lowest BCUT2D eigenvalue weighted by Crippen LogP contribution is -2.39. The highest BCUT2D eigenvalue weighted by Gasteiger charge is 2.25. The molecule has 2 aromatic carbocycles. The first-order valence-corrected chi connectivity index (χ1v) is 7.31. The first-order chi connectivity index (χ1) is 10.2. The summed E-state index contributed by atoms with van der Waals surface area (Å²) >= 11 is 0. The van der Waals surface area contributed by atoms with Gasteiger partial charge in [-0.1, -0.05) is 24.3 Å². The number of likely N-dealkylation sites (tertiary alicyclic amines) is 1. The summed E-state index contributed by atoms with van der Waals surface area (Å²) in [4.78, 5) is 14.3. The van der Waals surface area contributed by atoms with Gasteiger partial charge in [-0.05, 0) is 41.7 Å². The fourth-order valence-corrected chi connectivity index (χ4v) is 2.89. The van der Waals surface area contributed by atoms with Crippen molar-refractivity contribution in [1.29, 1.82) is 0 Å². The van der Waals surface area contributed by atoms with Crippen molar-refractivity contribution in [3.63, 3.8) is 0 Å². The summed E-state index contributed by atoms with van der Waals surface area (Å²) in [5.74, 6) is 0.192. The van der Waals surface area contributed by atoms with E-state index >= 15 is 0 Å². The number of rotatable bonds is 2. The molecule has 0 radical (unpaired) electrons. The lowest BCUT2D eigenvalue weighted by atomic mass is 9.97. The van der Waals surface area contributed by atoms with E-state index in [2.05, 4.69) is 0 Å². The fraction of sp³-hybridized carbons (Fsp3) is 0.353. The Kier molecular flexibility index (Phi) is 3.80. The van der Waals surface area contributed by atoms with Crippen LogP contribution >= 0.6 is 0 Å². The summed E-state index contributed by atoms with van der Waals surface area (Å²) in [7, 11) is 0. The van der Waals surface area contributed by atoms with Crippen LogP contribution in [-0.2, 0) is 0 Å². The maximum absolute atomic E-state index is 12.6. The molecule has 4 heteroatoms. The summed E-state index contributed by atoms with van der Waals surface area (Å²) in [6.45, 7) is 1.45. The first kappa shape index (κ1) is 13.9. The molecule has 2 aromatic rings. The maximum atomic E-state index is 12.6. The number of piperidine rings is 1. The van der Waals surface area contributed by atoms with E-state index in [1.807, 2.05) is 24.3 Å². The van der Waals surface area contributed by atoms with Crippen LogP contribution in [0.25, 0.3) is 10.8 Å². The number of carbonyl (C=O) groups is 1. The van der Waals surface area contributed by atoms with Crippen molar-refractivity contribution in [2.45, 2.75) is 12.8 Å². The van der Waals surface area contributed by atoms with Crippen LogP contribution in [0.5, 0.6) is 5.75 Å². The molecule has 1 heterocycles. The number of nitrogens with zero attached hydrogens (tertiary/aromatic N) is 1. The van der Waals surface area contributed by atoms with Crippen LogP contribution in [0, 0.1) is 5.92 Å². The van der Waals surface area contributed by atoms with Gasteiger partial charge in [-0.15, -0.1) is 0 Å². The molecule has 1 aliphatic heterocycles. The van der Waals surface area contributed by atoms with Gasteiger partial charge >= 0.3 is 0 Å². The minimum absolute atomic E-state index is 0.0305. The molecule has 21 heavy (non-hydrogen) atoms. The smallest absolute Gasteiger partial charge is 0.257 e. The Balaban J connectivity index is 1.86. The normalized spacial score (nSPS) is 16.3. The van der Waals surface area contributed by atoms with Crippen LogP contribution in [0.4, 0.5) is 0 Å². The van der Waals surface area contributed by atoms with Gasteiger partial charge in [0.2, 0.25) is 0 Å². The Labute approximate surface area is 123 Å². The average molecular weight is 285 g/mol. The summed E-state index contributed by atoms with van der Waals surface area (Å²) in [6.07, 6.45) is 1.63. The molecular weight excluding hydrogens is 266 g/mol. The number of phenolic OH excluding ortho intramolecular Hbond substituents is 1. The minimum Gasteiger partial charge on any atom is -0.507 e. The van der Waals surface area contributed by atoms with Gasteiger partial charge in [0.25, 0.3) is 5.91 Å². The number of aliphatic hydroxyl groups excluding tert-OH is 1. The predicted molar refractivity (Wildman–Crippen MR) is 81.3 cm³/mol. The summed E-state index contributed by atoms with van der Waals surface area (Å²) in [5.41, 5.74) is 0.358. The number of phenols is 1. The number of fused-ring (bicyclic) bond motifs is 1. The molecule has 110 valence electrons. The molecule has 0 aliphatic carbocycles. The number of hydrogen-bond donors (Lipinski definition) is 2. The largest absolute Gasteiger partial charge is 0.507 e. The molecule has 0 bridgehead atoms. The Morgan fingerprint density at radius 2 is 1.76 bits per heavy atom. The average Bonchev–Trinajstić information content (AvgIpc) is 2.53. The molecule has 1 amide bonds. The van der Waals surface area contributed by atoms with E-state index in [0.717, 1.165) is 23.6 Å². The molecule has 1 fully saturated rings. The minimum atomic E-state index is -0.130. The van der Waals surface area contributed by atoms with Gasteiger partial charge in [-0.25, -0.2) is 0 Å². The first-order valence-electron chi connectivity index (χ1n) is 7.31. The second kappa shape index (κ2) is 5.74. The van der Waals surface area contributed by atoms with Gasteiger partial charge in [0.05, 0.1) is 5.56 Å². The van der Waals surface area contributed by atoms with Gasteiger partial charge in [-0.2, -0.15) is 0 Å². The van der Waals surface area contributed by atoms with Crippen molar-refractivity contribution in [2.24, 2.45) is 5.92 Å². The van der Waals surface area contributed by atoms with Crippen molar-refractivity contribution in [1.82, 2.24) is 4.90 Å². The Hall–Kier alpha value is -2.07. The van der Waals surface area contributed by atoms with Crippen molar-refractivity contribution in [3.05, 3.63) is 42.0 Å². The van der Waals surface area contributed by atoms with E-state index in [-0.39, 0.29) is 18.3 Å². The molecule has 0 atom stereocenters. The molecule has 0 unspecified atom stereocenters. The monoisotopic (exact) mass is 285 g/mol. The number of hydrogen-bond acceptors (Lipinski definition) is 3. The van der Waals surface area contributed by atoms with E-state index in [1.165, 1.54) is 0 Å². The molecule has 4 nitrogen and oxygen atoms in total. The zero-order valence-corrected chi connectivity index (χ0v) is 11.8. The number of amides is 1. The molecule has 3 rings (SSSR count). The van der Waals surface area contributed by atoms with Crippen LogP contribution in [0.15, 0.2) is 36.4 Å². The second-order valence-corrected chi connectivity index (χ2v) is 5.63. The zero-order chi connectivity index (χ0) is 14.8. The van der Waals surface area contributed by atoms with Crippen LogP contribution in [0.3, 0.4) is 0 Å². The maximum Gasteiger partial charge on any atom is 0.257 e. The third-order valence-electron chi connectivity index (χ3n) is 4.25. The van der Waals surface area contributed by atoms with E-state index in [0.29, 0.717) is 24.6 Å². The summed E-state index contributed by atoms with van der Waals surface area (Å²) < 4.78 is 0. The zero-order valence-electron chi connectivity index (χ0n) is 11.8. The van der Waals surface area contributed by atoms with Gasteiger partial charge in [0, 0.05) is 19.7 Å². The number of benzene rings is 2. The molecule has 0 spiro atoms. The highest BCUT2D eigenvalue weighted by molar-refractivity contribution is 6.01. The quantitative estimate of drug-likeness (QED) is 0.890.